The van der Waals surface area contributed by atoms with E-state index in [1.165, 1.54) is 19.3 Å². The van der Waals surface area contributed by atoms with Gasteiger partial charge in [0.15, 0.2) is 0 Å². The lowest BCUT2D eigenvalue weighted by molar-refractivity contribution is 0.268. The van der Waals surface area contributed by atoms with Gasteiger partial charge in [0.25, 0.3) is 0 Å². The number of anilines is 1. The second kappa shape index (κ2) is 3.40. The molecule has 1 fully saturated rings. The average Bonchev–Trinajstić information content (AvgIpc) is 2.46. The van der Waals surface area contributed by atoms with Crippen molar-refractivity contribution in [2.24, 2.45) is 13.0 Å². The lowest BCUT2D eigenvalue weighted by Gasteiger charge is -2.36. The van der Waals surface area contributed by atoms with Crippen molar-refractivity contribution in [1.29, 1.82) is 0 Å². The molecule has 2 atom stereocenters. The fourth-order valence-electron chi connectivity index (χ4n) is 1.93. The van der Waals surface area contributed by atoms with E-state index in [1.807, 2.05) is 24.0 Å². The number of nitrogens with one attached hydrogen (secondary N) is 1. The maximum atomic E-state index is 4.31. The van der Waals surface area contributed by atoms with Crippen molar-refractivity contribution in [3.05, 3.63) is 12.3 Å². The maximum absolute atomic E-state index is 4.31. The molecule has 3 nitrogen and oxygen atoms in total. The SMILES string of the molecule is CCC1CCC1Nc1ccn(C)n1. The highest BCUT2D eigenvalue weighted by Gasteiger charge is 2.29. The molecule has 13 heavy (non-hydrogen) atoms. The lowest BCUT2D eigenvalue weighted by Crippen LogP contribution is -2.37. The van der Waals surface area contributed by atoms with E-state index in [1.54, 1.807) is 0 Å². The molecule has 0 aromatic carbocycles. The van der Waals surface area contributed by atoms with Gasteiger partial charge in [0.05, 0.1) is 0 Å². The molecule has 0 spiro atoms. The highest BCUT2D eigenvalue weighted by molar-refractivity contribution is 5.34. The van der Waals surface area contributed by atoms with Gasteiger partial charge in [-0.05, 0) is 18.8 Å². The Labute approximate surface area is 79.1 Å². The predicted molar refractivity (Wildman–Crippen MR) is 53.6 cm³/mol. The summed E-state index contributed by atoms with van der Waals surface area (Å²) in [6, 6.07) is 2.70. The van der Waals surface area contributed by atoms with Crippen LogP contribution in [0.5, 0.6) is 0 Å². The van der Waals surface area contributed by atoms with Crippen LogP contribution in [0.2, 0.25) is 0 Å². The van der Waals surface area contributed by atoms with E-state index in [-0.39, 0.29) is 0 Å². The minimum absolute atomic E-state index is 0.667. The van der Waals surface area contributed by atoms with Crippen LogP contribution in [0.25, 0.3) is 0 Å². The highest BCUT2D eigenvalue weighted by Crippen LogP contribution is 2.32. The van der Waals surface area contributed by atoms with Crippen molar-refractivity contribution in [3.8, 4) is 0 Å². The molecule has 1 aliphatic rings. The second-order valence-electron chi connectivity index (χ2n) is 3.87. The van der Waals surface area contributed by atoms with Gasteiger partial charge in [-0.25, -0.2) is 0 Å². The Bertz CT molecular complexity index is 277. The molecular formula is C10H17N3. The summed E-state index contributed by atoms with van der Waals surface area (Å²) < 4.78 is 1.84. The van der Waals surface area contributed by atoms with Crippen LogP contribution in [0.4, 0.5) is 5.82 Å². The monoisotopic (exact) mass is 179 g/mol. The van der Waals surface area contributed by atoms with Gasteiger partial charge < -0.3 is 5.32 Å². The van der Waals surface area contributed by atoms with Gasteiger partial charge in [-0.15, -0.1) is 0 Å². The van der Waals surface area contributed by atoms with Crippen LogP contribution in [0.15, 0.2) is 12.3 Å². The van der Waals surface area contributed by atoms with Crippen LogP contribution in [0, 0.1) is 5.92 Å². The zero-order valence-corrected chi connectivity index (χ0v) is 8.33. The van der Waals surface area contributed by atoms with E-state index in [4.69, 9.17) is 0 Å². The molecule has 72 valence electrons. The molecule has 1 saturated carbocycles. The van der Waals surface area contributed by atoms with Crippen LogP contribution < -0.4 is 5.32 Å². The molecule has 2 rings (SSSR count). The number of nitrogens with zero attached hydrogens (tertiary/aromatic N) is 2. The molecule has 0 amide bonds. The minimum Gasteiger partial charge on any atom is -0.366 e. The molecule has 1 heterocycles. The van der Waals surface area contributed by atoms with E-state index in [0.717, 1.165) is 11.7 Å². The Morgan fingerprint density at radius 1 is 1.62 bits per heavy atom. The summed E-state index contributed by atoms with van der Waals surface area (Å²) in [6.07, 6.45) is 5.93. The van der Waals surface area contributed by atoms with E-state index >= 15 is 0 Å². The number of aromatic nitrogens is 2. The van der Waals surface area contributed by atoms with Gasteiger partial charge in [0.2, 0.25) is 0 Å². The largest absolute Gasteiger partial charge is 0.366 e. The molecule has 0 bridgehead atoms. The molecule has 1 aromatic rings. The van der Waals surface area contributed by atoms with Crippen molar-refractivity contribution in [1.82, 2.24) is 9.78 Å². The lowest BCUT2D eigenvalue weighted by atomic mass is 9.78. The average molecular weight is 179 g/mol. The first-order chi connectivity index (χ1) is 6.29. The Morgan fingerprint density at radius 2 is 2.46 bits per heavy atom. The summed E-state index contributed by atoms with van der Waals surface area (Å²) in [5.74, 6) is 1.88. The predicted octanol–water partition coefficient (Wildman–Crippen LogP) is 2.02. The van der Waals surface area contributed by atoms with Gasteiger partial charge in [-0.2, -0.15) is 5.10 Å². The van der Waals surface area contributed by atoms with E-state index in [2.05, 4.69) is 17.3 Å². The molecule has 0 radical (unpaired) electrons. The number of rotatable bonds is 3. The Hall–Kier alpha value is -0.990. The summed E-state index contributed by atoms with van der Waals surface area (Å²) in [5.41, 5.74) is 0. The number of aryl methyl sites for hydroxylation is 1. The highest BCUT2D eigenvalue weighted by atomic mass is 15.3. The summed E-state index contributed by atoms with van der Waals surface area (Å²) in [5, 5.41) is 7.78. The summed E-state index contributed by atoms with van der Waals surface area (Å²) in [7, 11) is 1.95. The molecule has 2 unspecified atom stereocenters. The third kappa shape index (κ3) is 1.69. The standard InChI is InChI=1S/C10H17N3/c1-3-8-4-5-9(8)11-10-6-7-13(2)12-10/h6-9H,3-5H2,1-2H3,(H,11,12). The first kappa shape index (κ1) is 8.60. The molecule has 0 aliphatic heterocycles. The van der Waals surface area contributed by atoms with E-state index in [9.17, 15) is 0 Å². The molecule has 1 N–H and O–H groups in total. The van der Waals surface area contributed by atoms with Gasteiger partial charge in [-0.1, -0.05) is 13.3 Å². The number of hydrogen-bond acceptors (Lipinski definition) is 2. The third-order valence-electron chi connectivity index (χ3n) is 2.99. The summed E-state index contributed by atoms with van der Waals surface area (Å²) in [6.45, 7) is 2.26. The van der Waals surface area contributed by atoms with Crippen LogP contribution >= 0.6 is 0 Å². The molecule has 1 aromatic heterocycles. The zero-order valence-electron chi connectivity index (χ0n) is 8.33. The van der Waals surface area contributed by atoms with E-state index < -0.39 is 0 Å². The second-order valence-corrected chi connectivity index (χ2v) is 3.87. The fraction of sp³-hybridized carbons (Fsp3) is 0.700. The van der Waals surface area contributed by atoms with Crippen LogP contribution in [0.3, 0.4) is 0 Å². The summed E-state index contributed by atoms with van der Waals surface area (Å²) >= 11 is 0. The van der Waals surface area contributed by atoms with Gasteiger partial charge in [-0.3, -0.25) is 4.68 Å². The Balaban J connectivity index is 1.91. The molecule has 0 saturated heterocycles. The maximum Gasteiger partial charge on any atom is 0.148 e. The fourth-order valence-corrected chi connectivity index (χ4v) is 1.93. The van der Waals surface area contributed by atoms with Gasteiger partial charge >= 0.3 is 0 Å². The minimum atomic E-state index is 0.667. The van der Waals surface area contributed by atoms with Crippen LogP contribution in [-0.2, 0) is 7.05 Å². The van der Waals surface area contributed by atoms with Crippen LogP contribution in [-0.4, -0.2) is 15.8 Å². The summed E-state index contributed by atoms with van der Waals surface area (Å²) in [4.78, 5) is 0. The van der Waals surface area contributed by atoms with E-state index in [0.29, 0.717) is 6.04 Å². The first-order valence-corrected chi connectivity index (χ1v) is 5.05. The van der Waals surface area contributed by atoms with Crippen molar-refractivity contribution in [3.63, 3.8) is 0 Å². The van der Waals surface area contributed by atoms with Crippen molar-refractivity contribution in [2.45, 2.75) is 32.2 Å². The van der Waals surface area contributed by atoms with Gasteiger partial charge in [0.1, 0.15) is 5.82 Å². The Morgan fingerprint density at radius 3 is 2.92 bits per heavy atom. The van der Waals surface area contributed by atoms with Gasteiger partial charge in [0, 0.05) is 25.4 Å². The smallest absolute Gasteiger partial charge is 0.148 e. The van der Waals surface area contributed by atoms with Crippen molar-refractivity contribution in [2.75, 3.05) is 5.32 Å². The normalized spacial score (nSPS) is 26.9. The zero-order chi connectivity index (χ0) is 9.26. The molecular weight excluding hydrogens is 162 g/mol. The van der Waals surface area contributed by atoms with Crippen molar-refractivity contribution < 1.29 is 0 Å². The van der Waals surface area contributed by atoms with Crippen molar-refractivity contribution >= 4 is 5.82 Å². The third-order valence-corrected chi connectivity index (χ3v) is 2.99. The molecule has 1 aliphatic carbocycles. The van der Waals surface area contributed by atoms with Crippen LogP contribution in [0.1, 0.15) is 26.2 Å². The number of hydrogen-bond donors (Lipinski definition) is 1. The first-order valence-electron chi connectivity index (χ1n) is 5.05. The quantitative estimate of drug-likeness (QED) is 0.769. The Kier molecular flexibility index (Phi) is 2.25. The topological polar surface area (TPSA) is 29.9 Å². The molecule has 3 heteroatoms.